The molecule has 6 heteroatoms. The van der Waals surface area contributed by atoms with Crippen molar-refractivity contribution >= 4 is 27.3 Å². The molecule has 0 spiro atoms. The van der Waals surface area contributed by atoms with E-state index < -0.39 is 0 Å². The third-order valence-corrected chi connectivity index (χ3v) is 5.66. The lowest BCUT2D eigenvalue weighted by molar-refractivity contribution is -0.117. The van der Waals surface area contributed by atoms with E-state index >= 15 is 0 Å². The Hall–Kier alpha value is -3.25. The van der Waals surface area contributed by atoms with Crippen molar-refractivity contribution in [3.8, 4) is 22.1 Å². The minimum Gasteiger partial charge on any atom is -0.454 e. The highest BCUT2D eigenvalue weighted by Crippen LogP contribution is 2.33. The van der Waals surface area contributed by atoms with E-state index in [9.17, 15) is 4.79 Å². The fraction of sp³-hybridized carbons (Fsp3) is 0.136. The Morgan fingerprint density at radius 3 is 2.75 bits per heavy atom. The zero-order chi connectivity index (χ0) is 18.9. The van der Waals surface area contributed by atoms with Crippen molar-refractivity contribution in [3.63, 3.8) is 0 Å². The number of carbonyl (C=O) groups is 1. The number of aromatic nitrogens is 2. The van der Waals surface area contributed by atoms with Gasteiger partial charge >= 0.3 is 0 Å². The number of rotatable bonds is 5. The average Bonchev–Trinajstić information content (AvgIpc) is 3.34. The van der Waals surface area contributed by atoms with Crippen molar-refractivity contribution in [2.45, 2.75) is 12.8 Å². The van der Waals surface area contributed by atoms with Gasteiger partial charge in [-0.3, -0.25) is 9.78 Å². The van der Waals surface area contributed by atoms with Crippen LogP contribution in [-0.4, -0.2) is 22.5 Å². The first kappa shape index (κ1) is 16.9. The van der Waals surface area contributed by atoms with E-state index in [1.54, 1.807) is 17.5 Å². The number of ether oxygens (including phenoxy) is 2. The van der Waals surface area contributed by atoms with Gasteiger partial charge in [-0.25, -0.2) is 4.98 Å². The summed E-state index contributed by atoms with van der Waals surface area (Å²) in [6.45, 7) is 0.237. The molecule has 0 amide bonds. The Bertz CT molecular complexity index is 1150. The first-order valence-electron chi connectivity index (χ1n) is 8.95. The molecule has 0 saturated carbocycles. The Balaban J connectivity index is 1.32. The minimum atomic E-state index is 0.157. The van der Waals surface area contributed by atoms with Crippen LogP contribution >= 0.6 is 11.3 Å². The highest BCUT2D eigenvalue weighted by Gasteiger charge is 2.15. The van der Waals surface area contributed by atoms with Crippen LogP contribution in [0.5, 0.6) is 11.5 Å². The van der Waals surface area contributed by atoms with Crippen LogP contribution in [-0.2, 0) is 17.6 Å². The zero-order valence-corrected chi connectivity index (χ0v) is 15.7. The summed E-state index contributed by atoms with van der Waals surface area (Å²) in [5.41, 5.74) is 3.89. The molecule has 0 N–H and O–H groups in total. The van der Waals surface area contributed by atoms with Crippen LogP contribution in [0.25, 0.3) is 20.8 Å². The second-order valence-corrected chi connectivity index (χ2v) is 7.67. The van der Waals surface area contributed by atoms with Crippen LogP contribution in [0.3, 0.4) is 0 Å². The molecule has 28 heavy (non-hydrogen) atoms. The standard InChI is InChI=1S/C22H16N2O3S/c25-17(10-15-4-5-19-20(11-15)27-13-26-19)9-14-2-1-3-16(8-14)22-24-18-6-7-23-12-21(18)28-22/h1-8,11-12H,9-10,13H2. The number of carbonyl (C=O) groups excluding carboxylic acids is 1. The number of hydrogen-bond acceptors (Lipinski definition) is 6. The van der Waals surface area contributed by atoms with Gasteiger partial charge < -0.3 is 9.47 Å². The number of fused-ring (bicyclic) bond motifs is 2. The van der Waals surface area contributed by atoms with E-state index in [1.165, 1.54) is 0 Å². The maximum Gasteiger partial charge on any atom is 0.231 e. The van der Waals surface area contributed by atoms with Gasteiger partial charge in [0.15, 0.2) is 11.5 Å². The van der Waals surface area contributed by atoms with Crippen molar-refractivity contribution in [2.24, 2.45) is 0 Å². The highest BCUT2D eigenvalue weighted by atomic mass is 32.1. The normalized spacial score (nSPS) is 12.4. The Morgan fingerprint density at radius 2 is 1.86 bits per heavy atom. The van der Waals surface area contributed by atoms with Crippen molar-refractivity contribution in [2.75, 3.05) is 6.79 Å². The number of benzene rings is 2. The summed E-state index contributed by atoms with van der Waals surface area (Å²) in [5, 5.41) is 0.938. The Morgan fingerprint density at radius 1 is 1.00 bits per heavy atom. The first-order chi connectivity index (χ1) is 13.7. The molecular weight excluding hydrogens is 372 g/mol. The quantitative estimate of drug-likeness (QED) is 0.506. The number of Topliss-reactive ketones (excluding diaryl/α,β-unsaturated/α-hetero) is 1. The molecule has 5 rings (SSSR count). The molecule has 0 saturated heterocycles. The van der Waals surface area contributed by atoms with Crippen molar-refractivity contribution < 1.29 is 14.3 Å². The van der Waals surface area contributed by atoms with Gasteiger partial charge in [0.1, 0.15) is 10.8 Å². The van der Waals surface area contributed by atoms with Crippen LogP contribution in [0.1, 0.15) is 11.1 Å². The lowest BCUT2D eigenvalue weighted by Gasteiger charge is -2.05. The molecule has 5 nitrogen and oxygen atoms in total. The van der Waals surface area contributed by atoms with Crippen molar-refractivity contribution in [3.05, 3.63) is 72.1 Å². The predicted molar refractivity (Wildman–Crippen MR) is 108 cm³/mol. The van der Waals surface area contributed by atoms with Gasteiger partial charge in [-0.15, -0.1) is 11.3 Å². The number of hydrogen-bond donors (Lipinski definition) is 0. The molecule has 0 bridgehead atoms. The van der Waals surface area contributed by atoms with Crippen LogP contribution in [0.2, 0.25) is 0 Å². The lowest BCUT2D eigenvalue weighted by atomic mass is 10.0. The summed E-state index contributed by atoms with van der Waals surface area (Å²) in [6.07, 6.45) is 4.33. The molecule has 0 radical (unpaired) electrons. The van der Waals surface area contributed by atoms with Gasteiger partial charge in [0.2, 0.25) is 6.79 Å². The van der Waals surface area contributed by atoms with E-state index in [0.29, 0.717) is 18.6 Å². The van der Waals surface area contributed by atoms with E-state index in [2.05, 4.69) is 9.97 Å². The molecule has 0 atom stereocenters. The molecule has 3 heterocycles. The molecule has 138 valence electrons. The van der Waals surface area contributed by atoms with Gasteiger partial charge in [-0.1, -0.05) is 24.3 Å². The largest absolute Gasteiger partial charge is 0.454 e. The molecule has 0 fully saturated rings. The van der Waals surface area contributed by atoms with Crippen LogP contribution in [0.4, 0.5) is 0 Å². The molecule has 0 aliphatic carbocycles. The number of ketones is 1. The summed E-state index contributed by atoms with van der Waals surface area (Å²) in [4.78, 5) is 21.4. The van der Waals surface area contributed by atoms with Crippen molar-refractivity contribution in [1.82, 2.24) is 9.97 Å². The topological polar surface area (TPSA) is 61.3 Å². The maximum atomic E-state index is 12.6. The number of thiazole rings is 1. The SMILES string of the molecule is O=C(Cc1cccc(-c2nc3ccncc3s2)c1)Cc1ccc2c(c1)OCO2. The monoisotopic (exact) mass is 388 g/mol. The molecule has 2 aromatic heterocycles. The average molecular weight is 388 g/mol. The molecule has 1 aliphatic rings. The molecule has 4 aromatic rings. The molecule has 1 aliphatic heterocycles. The number of nitrogens with zero attached hydrogens (tertiary/aromatic N) is 2. The van der Waals surface area contributed by atoms with E-state index in [1.807, 2.05) is 54.7 Å². The fourth-order valence-electron chi connectivity index (χ4n) is 3.29. The third kappa shape index (κ3) is 3.34. The van der Waals surface area contributed by atoms with Crippen LogP contribution in [0.15, 0.2) is 60.9 Å². The lowest BCUT2D eigenvalue weighted by Crippen LogP contribution is -2.06. The fourth-order valence-corrected chi connectivity index (χ4v) is 4.22. The van der Waals surface area contributed by atoms with Gasteiger partial charge in [0.25, 0.3) is 0 Å². The molecule has 0 unspecified atom stereocenters. The van der Waals surface area contributed by atoms with Gasteiger partial charge in [-0.2, -0.15) is 0 Å². The van der Waals surface area contributed by atoms with Crippen molar-refractivity contribution in [1.29, 1.82) is 0 Å². The zero-order valence-electron chi connectivity index (χ0n) is 14.9. The van der Waals surface area contributed by atoms with Crippen LogP contribution < -0.4 is 9.47 Å². The molecular formula is C22H16N2O3S. The Kier molecular flexibility index (Phi) is 4.25. The van der Waals surface area contributed by atoms with Gasteiger partial charge in [-0.05, 0) is 35.4 Å². The summed E-state index contributed by atoms with van der Waals surface area (Å²) in [7, 11) is 0. The van der Waals surface area contributed by atoms with Gasteiger partial charge in [0.05, 0.1) is 10.2 Å². The van der Waals surface area contributed by atoms with E-state index in [0.717, 1.165) is 37.7 Å². The second kappa shape index (κ2) is 7.05. The smallest absolute Gasteiger partial charge is 0.231 e. The number of pyridine rings is 1. The molecule has 2 aromatic carbocycles. The van der Waals surface area contributed by atoms with Crippen LogP contribution in [0, 0.1) is 0 Å². The summed E-state index contributed by atoms with van der Waals surface area (Å²) in [6, 6.07) is 15.6. The minimum absolute atomic E-state index is 0.157. The second-order valence-electron chi connectivity index (χ2n) is 6.64. The van der Waals surface area contributed by atoms with E-state index in [4.69, 9.17) is 9.47 Å². The third-order valence-electron chi connectivity index (χ3n) is 4.60. The summed E-state index contributed by atoms with van der Waals surface area (Å²) >= 11 is 1.61. The first-order valence-corrected chi connectivity index (χ1v) is 9.76. The predicted octanol–water partition coefficient (Wildman–Crippen LogP) is 4.44. The summed E-state index contributed by atoms with van der Waals surface area (Å²) < 4.78 is 11.8. The Labute approximate surface area is 165 Å². The van der Waals surface area contributed by atoms with E-state index in [-0.39, 0.29) is 12.6 Å². The van der Waals surface area contributed by atoms with Gasteiger partial charge in [0, 0.05) is 30.8 Å². The maximum absolute atomic E-state index is 12.6. The highest BCUT2D eigenvalue weighted by molar-refractivity contribution is 7.21. The summed E-state index contributed by atoms with van der Waals surface area (Å²) in [5.74, 6) is 1.59.